The van der Waals surface area contributed by atoms with E-state index in [1.807, 2.05) is 18.2 Å². The van der Waals surface area contributed by atoms with E-state index in [-0.39, 0.29) is 0 Å². The van der Waals surface area contributed by atoms with Crippen LogP contribution in [0.15, 0.2) is 36.4 Å². The molecule has 45 heavy (non-hydrogen) atoms. The Morgan fingerprint density at radius 3 is 2.67 bits per heavy atom. The molecule has 1 saturated carbocycles. The maximum atomic E-state index is 12.5. The van der Waals surface area contributed by atoms with Gasteiger partial charge in [-0.2, -0.15) is 9.40 Å². The predicted octanol–water partition coefficient (Wildman–Crippen LogP) is 4.55. The van der Waals surface area contributed by atoms with Crippen LogP contribution in [-0.2, 0) is 47.2 Å². The van der Waals surface area contributed by atoms with E-state index in [2.05, 4.69) is 51.4 Å². The normalized spacial score (nSPS) is 21.2. The van der Waals surface area contributed by atoms with Crippen molar-refractivity contribution in [2.75, 3.05) is 45.6 Å². The van der Waals surface area contributed by atoms with Crippen LogP contribution in [0.1, 0.15) is 59.7 Å². The third-order valence-corrected chi connectivity index (χ3v) is 11.4. The number of hydrogen-bond donors (Lipinski definition) is 0. The van der Waals surface area contributed by atoms with E-state index in [0.29, 0.717) is 30.6 Å². The first-order valence-corrected chi connectivity index (χ1v) is 18.5. The molecule has 1 aliphatic carbocycles. The summed E-state index contributed by atoms with van der Waals surface area (Å²) in [7, 11) is -3.33. The number of fused-ring (bicyclic) bond motifs is 2. The number of nitrogens with zero attached hydrogens (tertiary/aromatic N) is 5. The van der Waals surface area contributed by atoms with E-state index in [0.717, 1.165) is 98.5 Å². The summed E-state index contributed by atoms with van der Waals surface area (Å²) in [6, 6.07) is 13.6. The van der Waals surface area contributed by atoms with Crippen molar-refractivity contribution in [2.45, 2.75) is 70.7 Å². The maximum absolute atomic E-state index is 12.5. The fraction of sp³-hybridized carbons (Fsp3) is 0.514. The Bertz CT molecular complexity index is 1760. The third-order valence-electron chi connectivity index (χ3n) is 9.78. The highest BCUT2D eigenvalue weighted by Crippen LogP contribution is 2.34. The summed E-state index contributed by atoms with van der Waals surface area (Å²) in [6.07, 6.45) is 6.64. The monoisotopic (exact) mass is 647 g/mol. The Labute approximate surface area is 272 Å². The van der Waals surface area contributed by atoms with Crippen molar-refractivity contribution in [1.82, 2.24) is 23.9 Å². The van der Waals surface area contributed by atoms with Crippen molar-refractivity contribution in [3.05, 3.63) is 74.9 Å². The molecule has 3 aliphatic heterocycles. The number of rotatable bonds is 7. The molecule has 10 heteroatoms. The van der Waals surface area contributed by atoms with Crippen LogP contribution in [0.25, 0.3) is 11.3 Å². The molecular formula is C35H42ClN5O3S. The van der Waals surface area contributed by atoms with E-state index < -0.39 is 10.0 Å². The molecule has 0 radical (unpaired) electrons. The van der Waals surface area contributed by atoms with Gasteiger partial charge in [-0.3, -0.25) is 14.5 Å². The number of aromatic nitrogens is 2. The van der Waals surface area contributed by atoms with Crippen LogP contribution in [-0.4, -0.2) is 90.0 Å². The molecule has 0 spiro atoms. The molecule has 2 fully saturated rings. The predicted molar refractivity (Wildman–Crippen MR) is 178 cm³/mol. The number of aryl methyl sites for hydroxylation is 1. The second-order valence-corrected chi connectivity index (χ2v) is 15.4. The standard InChI is InChI=1S/C35H42ClN5O3S/c1-25-24-44-19-18-38(25)14-3-15-41-34-13-17-40(45(2,42)43)23-32(34)35(37-41)29-8-11-33(36)28(21-29)7-5-26-4-6-27-12-16-39(31-9-10-31)22-30(27)20-26/h4,6,8,11,20-21,25,31H,3,9-10,12-19,22-24H2,1-2H3/t25-/m0/s1. The summed E-state index contributed by atoms with van der Waals surface area (Å²) in [5.74, 6) is 6.70. The Morgan fingerprint density at radius 2 is 1.87 bits per heavy atom. The largest absolute Gasteiger partial charge is 0.379 e. The summed E-state index contributed by atoms with van der Waals surface area (Å²) < 4.78 is 34.3. The zero-order chi connectivity index (χ0) is 31.1. The van der Waals surface area contributed by atoms with Gasteiger partial charge in [0.2, 0.25) is 10.0 Å². The van der Waals surface area contributed by atoms with Crippen LogP contribution in [0.3, 0.4) is 0 Å². The summed E-state index contributed by atoms with van der Waals surface area (Å²) in [5, 5.41) is 5.69. The van der Waals surface area contributed by atoms with Crippen LogP contribution in [0.2, 0.25) is 5.02 Å². The van der Waals surface area contributed by atoms with Crippen molar-refractivity contribution >= 4 is 21.6 Å². The van der Waals surface area contributed by atoms with Crippen LogP contribution < -0.4 is 0 Å². The van der Waals surface area contributed by atoms with Crippen molar-refractivity contribution in [2.24, 2.45) is 0 Å². The molecule has 4 aliphatic rings. The molecule has 1 aromatic heterocycles. The minimum absolute atomic E-state index is 0.320. The molecule has 2 aromatic carbocycles. The maximum Gasteiger partial charge on any atom is 0.211 e. The number of ether oxygens (including phenoxy) is 1. The van der Waals surface area contributed by atoms with Gasteiger partial charge in [-0.15, -0.1) is 0 Å². The Hall–Kier alpha value is -2.71. The van der Waals surface area contributed by atoms with Gasteiger partial charge < -0.3 is 4.74 Å². The van der Waals surface area contributed by atoms with Crippen LogP contribution >= 0.6 is 11.6 Å². The Balaban J connectivity index is 1.15. The highest BCUT2D eigenvalue weighted by Gasteiger charge is 2.32. The zero-order valence-corrected chi connectivity index (χ0v) is 27.8. The second kappa shape index (κ2) is 12.8. The topological polar surface area (TPSA) is 70.9 Å². The van der Waals surface area contributed by atoms with E-state index in [9.17, 15) is 8.42 Å². The van der Waals surface area contributed by atoms with Gasteiger partial charge in [0.25, 0.3) is 0 Å². The average Bonchev–Trinajstić information content (AvgIpc) is 3.82. The molecule has 8 nitrogen and oxygen atoms in total. The number of halogens is 1. The molecule has 0 bridgehead atoms. The van der Waals surface area contributed by atoms with E-state index in [4.69, 9.17) is 21.4 Å². The molecule has 1 saturated heterocycles. The average molecular weight is 648 g/mol. The van der Waals surface area contributed by atoms with Crippen molar-refractivity contribution in [3.8, 4) is 23.1 Å². The van der Waals surface area contributed by atoms with Gasteiger partial charge in [0.05, 0.1) is 30.2 Å². The molecular weight excluding hydrogens is 606 g/mol. The van der Waals surface area contributed by atoms with Crippen LogP contribution in [0, 0.1) is 11.8 Å². The first-order chi connectivity index (χ1) is 21.7. The summed E-state index contributed by atoms with van der Waals surface area (Å²) in [6.45, 7) is 9.42. The minimum atomic E-state index is -3.33. The lowest BCUT2D eigenvalue weighted by atomic mass is 9.97. The molecule has 4 heterocycles. The molecule has 3 aromatic rings. The lowest BCUT2D eigenvalue weighted by Crippen LogP contribution is -2.44. The van der Waals surface area contributed by atoms with Gasteiger partial charge in [-0.1, -0.05) is 35.6 Å². The molecule has 7 rings (SSSR count). The van der Waals surface area contributed by atoms with Gasteiger partial charge >= 0.3 is 0 Å². The first kappa shape index (κ1) is 30.9. The summed E-state index contributed by atoms with van der Waals surface area (Å²) in [4.78, 5) is 5.08. The van der Waals surface area contributed by atoms with Crippen molar-refractivity contribution < 1.29 is 13.2 Å². The summed E-state index contributed by atoms with van der Waals surface area (Å²) >= 11 is 6.68. The summed E-state index contributed by atoms with van der Waals surface area (Å²) in [5.41, 5.74) is 8.36. The van der Waals surface area contributed by atoms with Crippen molar-refractivity contribution in [3.63, 3.8) is 0 Å². The number of benzene rings is 2. The first-order valence-electron chi connectivity index (χ1n) is 16.3. The molecule has 0 amide bonds. The van der Waals surface area contributed by atoms with Gasteiger partial charge in [0.1, 0.15) is 0 Å². The quantitative estimate of drug-likeness (QED) is 0.351. The van der Waals surface area contributed by atoms with E-state index in [1.54, 1.807) is 4.31 Å². The fourth-order valence-electron chi connectivity index (χ4n) is 7.00. The van der Waals surface area contributed by atoms with E-state index >= 15 is 0 Å². The van der Waals surface area contributed by atoms with Gasteiger partial charge in [-0.25, -0.2) is 8.42 Å². The lowest BCUT2D eigenvalue weighted by molar-refractivity contribution is -0.00122. The number of morpholine rings is 1. The smallest absolute Gasteiger partial charge is 0.211 e. The van der Waals surface area contributed by atoms with Gasteiger partial charge in [0.15, 0.2) is 0 Å². The van der Waals surface area contributed by atoms with E-state index in [1.165, 1.54) is 30.2 Å². The Morgan fingerprint density at radius 1 is 1.00 bits per heavy atom. The molecule has 1 atom stereocenters. The lowest BCUT2D eigenvalue weighted by Gasteiger charge is -2.33. The van der Waals surface area contributed by atoms with Crippen LogP contribution in [0.4, 0.5) is 0 Å². The second-order valence-electron chi connectivity index (χ2n) is 13.0. The fourth-order valence-corrected chi connectivity index (χ4v) is 7.95. The van der Waals surface area contributed by atoms with Gasteiger partial charge in [0, 0.05) is 92.3 Å². The molecule has 238 valence electrons. The zero-order valence-electron chi connectivity index (χ0n) is 26.3. The highest BCUT2D eigenvalue weighted by atomic mass is 35.5. The molecule has 0 unspecified atom stereocenters. The minimum Gasteiger partial charge on any atom is -0.379 e. The highest BCUT2D eigenvalue weighted by molar-refractivity contribution is 7.88. The Kier molecular flexibility index (Phi) is 8.81. The van der Waals surface area contributed by atoms with Crippen LogP contribution in [0.5, 0.6) is 0 Å². The van der Waals surface area contributed by atoms with Crippen molar-refractivity contribution in [1.29, 1.82) is 0 Å². The number of hydrogen-bond acceptors (Lipinski definition) is 6. The SMILES string of the molecule is C[C@H]1COCCN1CCCn1nc(-c2ccc(Cl)c(C#Cc3ccc4c(c3)CN(C3CC3)CC4)c2)c2c1CCN(S(C)(=O)=O)C2. The van der Waals surface area contributed by atoms with Gasteiger partial charge in [-0.05, 0) is 68.0 Å². The third kappa shape index (κ3) is 6.87. The number of sulfonamides is 1. The molecule has 0 N–H and O–H groups in total.